The molecule has 0 fully saturated rings. The molecule has 3 heterocycles. The Morgan fingerprint density at radius 3 is 3.19 bits per heavy atom. The van der Waals surface area contributed by atoms with Crippen molar-refractivity contribution in [1.29, 1.82) is 0 Å². The van der Waals surface area contributed by atoms with E-state index in [1.165, 1.54) is 0 Å². The van der Waals surface area contributed by atoms with Crippen LogP contribution in [0, 0.1) is 0 Å². The predicted molar refractivity (Wildman–Crippen MR) is 63.5 cm³/mol. The molecule has 82 valence electrons. The molecule has 0 bridgehead atoms. The van der Waals surface area contributed by atoms with Crippen LogP contribution in [0.5, 0.6) is 0 Å². The molecule has 3 rings (SSSR count). The number of nitrogens with zero attached hydrogens (tertiary/aromatic N) is 2. The molecule has 0 unspecified atom stereocenters. The van der Waals surface area contributed by atoms with Gasteiger partial charge in [-0.3, -0.25) is 4.40 Å². The fourth-order valence-electron chi connectivity index (χ4n) is 1.79. The molecule has 0 radical (unpaired) electrons. The maximum absolute atomic E-state index is 5.59. The van der Waals surface area contributed by atoms with E-state index in [-0.39, 0.29) is 0 Å². The molecule has 0 aromatic carbocycles. The topological polar surface area (TPSA) is 56.5 Å². The SMILES string of the molecule is NCCc1cnc2scc(-c3ccco3)n12. The fraction of sp³-hybridized carbons (Fsp3) is 0.182. The Labute approximate surface area is 96.3 Å². The Hall–Kier alpha value is -1.59. The summed E-state index contributed by atoms with van der Waals surface area (Å²) < 4.78 is 7.52. The van der Waals surface area contributed by atoms with E-state index in [1.54, 1.807) is 17.6 Å². The molecular formula is C11H11N3OS. The molecular weight excluding hydrogens is 222 g/mol. The molecule has 0 aliphatic rings. The van der Waals surface area contributed by atoms with E-state index in [0.717, 1.165) is 28.5 Å². The van der Waals surface area contributed by atoms with E-state index in [2.05, 4.69) is 14.8 Å². The van der Waals surface area contributed by atoms with Gasteiger partial charge >= 0.3 is 0 Å². The number of hydrogen-bond acceptors (Lipinski definition) is 4. The summed E-state index contributed by atoms with van der Waals surface area (Å²) in [5, 5.41) is 2.06. The van der Waals surface area contributed by atoms with Crippen LogP contribution in [-0.2, 0) is 6.42 Å². The van der Waals surface area contributed by atoms with E-state index in [9.17, 15) is 0 Å². The van der Waals surface area contributed by atoms with Crippen LogP contribution in [0.4, 0.5) is 0 Å². The number of thiazole rings is 1. The van der Waals surface area contributed by atoms with E-state index < -0.39 is 0 Å². The summed E-state index contributed by atoms with van der Waals surface area (Å²) in [6.45, 7) is 0.626. The second-order valence-corrected chi connectivity index (χ2v) is 4.34. The molecule has 3 aromatic rings. The lowest BCUT2D eigenvalue weighted by Gasteiger charge is -1.99. The molecule has 0 aliphatic heterocycles. The van der Waals surface area contributed by atoms with Crippen LogP contribution in [0.3, 0.4) is 0 Å². The molecule has 0 saturated heterocycles. The first-order chi connectivity index (χ1) is 7.90. The highest BCUT2D eigenvalue weighted by molar-refractivity contribution is 7.15. The Bertz CT molecular complexity index is 594. The maximum Gasteiger partial charge on any atom is 0.194 e. The van der Waals surface area contributed by atoms with Gasteiger partial charge < -0.3 is 10.2 Å². The molecule has 5 heteroatoms. The quantitative estimate of drug-likeness (QED) is 0.754. The number of hydrogen-bond donors (Lipinski definition) is 1. The number of fused-ring (bicyclic) bond motifs is 1. The number of nitrogens with two attached hydrogens (primary N) is 1. The van der Waals surface area contributed by atoms with Gasteiger partial charge in [0, 0.05) is 17.5 Å². The third kappa shape index (κ3) is 1.36. The van der Waals surface area contributed by atoms with Crippen molar-refractivity contribution in [3.63, 3.8) is 0 Å². The first kappa shape index (κ1) is 9.62. The molecule has 0 saturated carbocycles. The number of imidazole rings is 1. The lowest BCUT2D eigenvalue weighted by molar-refractivity contribution is 0.579. The first-order valence-electron chi connectivity index (χ1n) is 5.08. The summed E-state index contributed by atoms with van der Waals surface area (Å²) in [7, 11) is 0. The number of furan rings is 1. The molecule has 3 aromatic heterocycles. The molecule has 0 amide bonds. The largest absolute Gasteiger partial charge is 0.463 e. The average Bonchev–Trinajstić information content (AvgIpc) is 2.94. The van der Waals surface area contributed by atoms with Gasteiger partial charge in [-0.05, 0) is 18.7 Å². The van der Waals surface area contributed by atoms with Crippen LogP contribution in [0.2, 0.25) is 0 Å². The summed E-state index contributed by atoms with van der Waals surface area (Å²) in [4.78, 5) is 5.33. The van der Waals surface area contributed by atoms with Crippen LogP contribution in [0.25, 0.3) is 16.4 Å². The van der Waals surface area contributed by atoms with E-state index in [4.69, 9.17) is 10.2 Å². The van der Waals surface area contributed by atoms with Gasteiger partial charge in [0.05, 0.1) is 12.5 Å². The second kappa shape index (κ2) is 3.77. The molecule has 0 aliphatic carbocycles. The van der Waals surface area contributed by atoms with Crippen LogP contribution in [0.15, 0.2) is 34.4 Å². The minimum absolute atomic E-state index is 0.626. The summed E-state index contributed by atoms with van der Waals surface area (Å²) in [6.07, 6.45) is 4.38. The van der Waals surface area contributed by atoms with E-state index in [1.807, 2.05) is 18.3 Å². The Balaban J connectivity index is 2.21. The highest BCUT2D eigenvalue weighted by atomic mass is 32.1. The molecule has 16 heavy (non-hydrogen) atoms. The lowest BCUT2D eigenvalue weighted by atomic mass is 10.3. The van der Waals surface area contributed by atoms with Gasteiger partial charge in [-0.25, -0.2) is 4.98 Å². The molecule has 2 N–H and O–H groups in total. The van der Waals surface area contributed by atoms with Crippen molar-refractivity contribution in [2.24, 2.45) is 5.73 Å². The zero-order valence-corrected chi connectivity index (χ0v) is 9.41. The highest BCUT2D eigenvalue weighted by Gasteiger charge is 2.12. The van der Waals surface area contributed by atoms with Crippen molar-refractivity contribution in [3.05, 3.63) is 35.7 Å². The third-order valence-corrected chi connectivity index (χ3v) is 3.33. The van der Waals surface area contributed by atoms with Crippen molar-refractivity contribution >= 4 is 16.3 Å². The Kier molecular flexibility index (Phi) is 2.27. The van der Waals surface area contributed by atoms with Crippen molar-refractivity contribution in [3.8, 4) is 11.5 Å². The van der Waals surface area contributed by atoms with Gasteiger partial charge in [-0.1, -0.05) is 0 Å². The summed E-state index contributed by atoms with van der Waals surface area (Å²) in [5.41, 5.74) is 7.76. The lowest BCUT2D eigenvalue weighted by Crippen LogP contribution is -2.05. The van der Waals surface area contributed by atoms with Gasteiger partial charge in [0.2, 0.25) is 0 Å². The fourth-order valence-corrected chi connectivity index (χ4v) is 2.66. The molecule has 4 nitrogen and oxygen atoms in total. The Morgan fingerprint density at radius 1 is 1.50 bits per heavy atom. The minimum Gasteiger partial charge on any atom is -0.463 e. The third-order valence-electron chi connectivity index (χ3n) is 2.49. The number of rotatable bonds is 3. The maximum atomic E-state index is 5.59. The normalized spacial score (nSPS) is 11.3. The average molecular weight is 233 g/mol. The minimum atomic E-state index is 0.626. The van der Waals surface area contributed by atoms with Crippen LogP contribution < -0.4 is 5.73 Å². The standard InChI is InChI=1S/C11H11N3OS/c12-4-3-8-6-13-11-14(8)9(7-16-11)10-2-1-5-15-10/h1-2,5-7H,3-4,12H2. The van der Waals surface area contributed by atoms with Crippen LogP contribution in [-0.4, -0.2) is 15.9 Å². The molecule has 0 spiro atoms. The summed E-state index contributed by atoms with van der Waals surface area (Å²) >= 11 is 1.61. The second-order valence-electron chi connectivity index (χ2n) is 3.50. The zero-order valence-electron chi connectivity index (χ0n) is 8.59. The first-order valence-corrected chi connectivity index (χ1v) is 5.96. The highest BCUT2D eigenvalue weighted by Crippen LogP contribution is 2.27. The van der Waals surface area contributed by atoms with Gasteiger partial charge in [0.25, 0.3) is 0 Å². The van der Waals surface area contributed by atoms with Gasteiger partial charge in [-0.15, -0.1) is 11.3 Å². The van der Waals surface area contributed by atoms with Crippen LogP contribution >= 0.6 is 11.3 Å². The monoisotopic (exact) mass is 233 g/mol. The Morgan fingerprint density at radius 2 is 2.44 bits per heavy atom. The summed E-state index contributed by atoms with van der Waals surface area (Å²) in [5.74, 6) is 0.863. The predicted octanol–water partition coefficient (Wildman–Crippen LogP) is 2.16. The van der Waals surface area contributed by atoms with Crippen molar-refractivity contribution in [2.75, 3.05) is 6.54 Å². The number of aromatic nitrogens is 2. The van der Waals surface area contributed by atoms with Crippen LogP contribution in [0.1, 0.15) is 5.69 Å². The zero-order chi connectivity index (χ0) is 11.0. The molecule has 0 atom stereocenters. The van der Waals surface area contributed by atoms with Gasteiger partial charge in [-0.2, -0.15) is 0 Å². The van der Waals surface area contributed by atoms with E-state index in [0.29, 0.717) is 6.54 Å². The van der Waals surface area contributed by atoms with Crippen molar-refractivity contribution < 1.29 is 4.42 Å². The van der Waals surface area contributed by atoms with Gasteiger partial charge in [0.1, 0.15) is 5.69 Å². The summed E-state index contributed by atoms with van der Waals surface area (Å²) in [6, 6.07) is 3.84. The van der Waals surface area contributed by atoms with Crippen molar-refractivity contribution in [2.45, 2.75) is 6.42 Å². The smallest absolute Gasteiger partial charge is 0.194 e. The van der Waals surface area contributed by atoms with Crippen molar-refractivity contribution in [1.82, 2.24) is 9.38 Å². The van der Waals surface area contributed by atoms with Gasteiger partial charge in [0.15, 0.2) is 10.7 Å². The van der Waals surface area contributed by atoms with E-state index >= 15 is 0 Å².